The van der Waals surface area contributed by atoms with Crippen molar-refractivity contribution in [2.45, 2.75) is 57.8 Å². The molecule has 13 heteroatoms. The van der Waals surface area contributed by atoms with Crippen LogP contribution in [-0.2, 0) is 9.53 Å². The van der Waals surface area contributed by atoms with Crippen molar-refractivity contribution in [2.75, 3.05) is 37.7 Å². The lowest BCUT2D eigenvalue weighted by Gasteiger charge is -2.40. The van der Waals surface area contributed by atoms with Crippen molar-refractivity contribution >= 4 is 22.8 Å². The highest BCUT2D eigenvalue weighted by Gasteiger charge is 2.35. The van der Waals surface area contributed by atoms with E-state index in [0.717, 1.165) is 12.8 Å². The van der Waals surface area contributed by atoms with Gasteiger partial charge in [-0.05, 0) is 61.9 Å². The summed E-state index contributed by atoms with van der Waals surface area (Å²) in [6, 6.07) is 6.68. The Kier molecular flexibility index (Phi) is 8.65. The molecule has 2 bridgehead atoms. The van der Waals surface area contributed by atoms with Gasteiger partial charge in [0.05, 0.1) is 28.9 Å². The van der Waals surface area contributed by atoms with E-state index in [1.54, 1.807) is 17.2 Å². The van der Waals surface area contributed by atoms with Crippen molar-refractivity contribution in [3.8, 4) is 22.7 Å². The molecule has 49 heavy (non-hydrogen) atoms. The van der Waals surface area contributed by atoms with Crippen molar-refractivity contribution in [1.29, 1.82) is 0 Å². The minimum Gasteiger partial charge on any atom is -0.490 e. The lowest BCUT2D eigenvalue weighted by atomic mass is 9.97. The molecule has 1 aromatic carbocycles. The molecule has 11 nitrogen and oxygen atoms in total. The molecule has 1 N–H and O–H groups in total. The SMILES string of the molecule is C=CC(=O)N1CCN(c2nc(=O)n3c4nc(c(F)cc24)-c2c(F)cccc2OCC(O)C(OCC2CC2)c2ccnc(C(C)C)c2-3)[C@@H](C)C1. The van der Waals surface area contributed by atoms with Gasteiger partial charge in [0.15, 0.2) is 11.5 Å². The zero-order chi connectivity index (χ0) is 34.6. The average molecular weight is 673 g/mol. The number of nitrogens with zero attached hydrogens (tertiary/aromatic N) is 6. The molecule has 0 spiro atoms. The van der Waals surface area contributed by atoms with Crippen molar-refractivity contribution < 1.29 is 28.2 Å². The second-order valence-corrected chi connectivity index (χ2v) is 13.3. The van der Waals surface area contributed by atoms with Gasteiger partial charge in [-0.25, -0.2) is 23.1 Å². The van der Waals surface area contributed by atoms with Crippen LogP contribution in [0, 0.1) is 17.6 Å². The number of pyridine rings is 2. The number of benzene rings is 1. The monoisotopic (exact) mass is 672 g/mol. The second-order valence-electron chi connectivity index (χ2n) is 13.3. The van der Waals surface area contributed by atoms with Gasteiger partial charge in [-0.15, -0.1) is 0 Å². The van der Waals surface area contributed by atoms with E-state index in [1.807, 2.05) is 25.7 Å². The van der Waals surface area contributed by atoms with E-state index >= 15 is 8.78 Å². The average Bonchev–Trinajstić information content (AvgIpc) is 3.91. The van der Waals surface area contributed by atoms with E-state index in [0.29, 0.717) is 49.1 Å². The summed E-state index contributed by atoms with van der Waals surface area (Å²) >= 11 is 0. The summed E-state index contributed by atoms with van der Waals surface area (Å²) in [7, 11) is 0. The lowest BCUT2D eigenvalue weighted by molar-refractivity contribution is -0.126. The summed E-state index contributed by atoms with van der Waals surface area (Å²) in [5.41, 5.74) is -0.0463. The van der Waals surface area contributed by atoms with Crippen LogP contribution in [0.2, 0.25) is 0 Å². The van der Waals surface area contributed by atoms with Crippen LogP contribution in [0.15, 0.2) is 54.0 Å². The molecule has 2 fully saturated rings. The van der Waals surface area contributed by atoms with Gasteiger partial charge in [0.1, 0.15) is 41.9 Å². The number of rotatable bonds is 6. The molecule has 1 saturated carbocycles. The Hall–Kier alpha value is -4.75. The lowest BCUT2D eigenvalue weighted by Crippen LogP contribution is -2.54. The largest absolute Gasteiger partial charge is 0.490 e. The zero-order valence-corrected chi connectivity index (χ0v) is 27.6. The van der Waals surface area contributed by atoms with E-state index < -0.39 is 29.5 Å². The van der Waals surface area contributed by atoms with Gasteiger partial charge in [0, 0.05) is 37.4 Å². The van der Waals surface area contributed by atoms with Gasteiger partial charge >= 0.3 is 5.69 Å². The minimum atomic E-state index is -1.26. The van der Waals surface area contributed by atoms with E-state index in [2.05, 4.69) is 16.5 Å². The number of halogens is 2. The van der Waals surface area contributed by atoms with Gasteiger partial charge in [-0.2, -0.15) is 4.98 Å². The predicted molar refractivity (Wildman–Crippen MR) is 179 cm³/mol. The zero-order valence-electron chi connectivity index (χ0n) is 27.6. The van der Waals surface area contributed by atoms with Gasteiger partial charge in [-0.3, -0.25) is 9.78 Å². The van der Waals surface area contributed by atoms with E-state index in [4.69, 9.17) is 14.5 Å². The van der Waals surface area contributed by atoms with Crippen LogP contribution >= 0.6 is 0 Å². The number of aliphatic hydroxyl groups is 1. The third-order valence-corrected chi connectivity index (χ3v) is 9.43. The van der Waals surface area contributed by atoms with Crippen LogP contribution in [0.25, 0.3) is 28.0 Å². The number of amides is 1. The molecular weight excluding hydrogens is 634 g/mol. The number of carbonyl (C=O) groups excluding carboxylic acids is 1. The summed E-state index contributed by atoms with van der Waals surface area (Å²) in [6.07, 6.45) is 2.64. The maximum Gasteiger partial charge on any atom is 0.355 e. The van der Waals surface area contributed by atoms with E-state index in [1.165, 1.54) is 34.9 Å². The fourth-order valence-corrected chi connectivity index (χ4v) is 6.73. The number of fused-ring (bicyclic) bond motifs is 5. The third-order valence-electron chi connectivity index (χ3n) is 9.43. The molecular formula is C36H38F2N6O5. The van der Waals surface area contributed by atoms with Crippen LogP contribution in [0.1, 0.15) is 56.9 Å². The Balaban J connectivity index is 1.54. The van der Waals surface area contributed by atoms with Crippen molar-refractivity contribution in [1.82, 2.24) is 24.4 Å². The topological polar surface area (TPSA) is 123 Å². The molecule has 5 heterocycles. The van der Waals surface area contributed by atoms with Crippen LogP contribution < -0.4 is 15.3 Å². The van der Waals surface area contributed by atoms with Gasteiger partial charge < -0.3 is 24.4 Å². The first-order valence-corrected chi connectivity index (χ1v) is 16.6. The van der Waals surface area contributed by atoms with Crippen LogP contribution in [-0.4, -0.2) is 80.4 Å². The van der Waals surface area contributed by atoms with Crippen LogP contribution in [0.4, 0.5) is 14.6 Å². The molecule has 3 aliphatic rings. The van der Waals surface area contributed by atoms with Gasteiger partial charge in [0.2, 0.25) is 5.91 Å². The highest BCUT2D eigenvalue weighted by atomic mass is 19.1. The molecule has 3 atom stereocenters. The Morgan fingerprint density at radius 1 is 1.18 bits per heavy atom. The molecule has 3 aromatic heterocycles. The Bertz CT molecular complexity index is 2010. The molecule has 2 aliphatic heterocycles. The van der Waals surface area contributed by atoms with E-state index in [9.17, 15) is 14.7 Å². The van der Waals surface area contributed by atoms with Crippen molar-refractivity contribution in [3.63, 3.8) is 0 Å². The quantitative estimate of drug-likeness (QED) is 0.291. The fourth-order valence-electron chi connectivity index (χ4n) is 6.73. The first-order chi connectivity index (χ1) is 23.6. The first-order valence-electron chi connectivity index (χ1n) is 16.6. The van der Waals surface area contributed by atoms with Crippen LogP contribution in [0.5, 0.6) is 5.75 Å². The minimum absolute atomic E-state index is 0.0181. The number of ether oxygens (including phenoxy) is 2. The Morgan fingerprint density at radius 3 is 2.69 bits per heavy atom. The standard InChI is InChI=1S/C36H38F2N6O5/c1-5-28(46)42-13-14-43(20(4)16-42)34-23-15-25(38)31-29-24(37)7-6-8-27(29)48-18-26(45)33(49-17-21-9-10-21)22-11-12-39-30(19(2)3)32(22)44(35(23)40-31)36(47)41-34/h5-8,11-12,15,19-21,26,33,45H,1,9-10,13-14,16-18H2,2-4H3/t20-,26?,33?/m0/s1. The summed E-state index contributed by atoms with van der Waals surface area (Å²) in [5, 5.41) is 11.9. The number of aromatic nitrogens is 4. The fraction of sp³-hybridized carbons (Fsp3) is 0.417. The molecule has 0 radical (unpaired) electrons. The third kappa shape index (κ3) is 5.95. The number of aliphatic hydroxyl groups excluding tert-OH is 1. The second kappa shape index (κ2) is 12.9. The Morgan fingerprint density at radius 2 is 1.98 bits per heavy atom. The van der Waals surface area contributed by atoms with Crippen LogP contribution in [0.3, 0.4) is 0 Å². The normalized spacial score (nSPS) is 20.8. The van der Waals surface area contributed by atoms with Crippen molar-refractivity contribution in [2.24, 2.45) is 5.92 Å². The smallest absolute Gasteiger partial charge is 0.355 e. The number of carbonyl (C=O) groups is 1. The molecule has 4 aromatic rings. The maximum atomic E-state index is 16.4. The summed E-state index contributed by atoms with van der Waals surface area (Å²) in [6.45, 7) is 10.3. The molecule has 2 unspecified atom stereocenters. The molecule has 1 amide bonds. The molecule has 7 rings (SSSR count). The maximum absolute atomic E-state index is 16.4. The highest BCUT2D eigenvalue weighted by molar-refractivity contribution is 5.91. The highest BCUT2D eigenvalue weighted by Crippen LogP contribution is 2.40. The summed E-state index contributed by atoms with van der Waals surface area (Å²) < 4.78 is 45.7. The first kappa shape index (κ1) is 32.8. The number of anilines is 1. The van der Waals surface area contributed by atoms with E-state index in [-0.39, 0.29) is 58.3 Å². The van der Waals surface area contributed by atoms with Gasteiger partial charge in [-0.1, -0.05) is 26.5 Å². The van der Waals surface area contributed by atoms with Gasteiger partial charge in [0.25, 0.3) is 0 Å². The molecule has 1 aliphatic carbocycles. The van der Waals surface area contributed by atoms with Crippen molar-refractivity contribution in [3.05, 3.63) is 82.6 Å². The number of piperazine rings is 1. The molecule has 256 valence electrons. The number of hydrogen-bond donors (Lipinski definition) is 1. The number of hydrogen-bond acceptors (Lipinski definition) is 9. The summed E-state index contributed by atoms with van der Waals surface area (Å²) in [4.78, 5) is 44.3. The molecule has 1 saturated heterocycles. The Labute approximate surface area is 281 Å². The summed E-state index contributed by atoms with van der Waals surface area (Å²) in [5.74, 6) is -1.57. The predicted octanol–water partition coefficient (Wildman–Crippen LogP) is 4.69.